The predicted molar refractivity (Wildman–Crippen MR) is 129 cm³/mol. The van der Waals surface area contributed by atoms with Crippen molar-refractivity contribution >= 4 is 34.7 Å². The van der Waals surface area contributed by atoms with Gasteiger partial charge in [-0.1, -0.05) is 0 Å². The van der Waals surface area contributed by atoms with Crippen molar-refractivity contribution in [3.05, 3.63) is 54.1 Å². The number of nitrogens with zero attached hydrogens (tertiary/aromatic N) is 5. The molecule has 1 saturated heterocycles. The summed E-state index contributed by atoms with van der Waals surface area (Å²) >= 11 is 0. The lowest BCUT2D eigenvalue weighted by molar-refractivity contribution is -0.120. The Kier molecular flexibility index (Phi) is 4.87. The zero-order valence-electron chi connectivity index (χ0n) is 19.1. The van der Waals surface area contributed by atoms with Crippen LogP contribution in [0.2, 0.25) is 0 Å². The largest absolute Gasteiger partial charge is 0.506 e. The number of H-pyrrole nitrogens is 1. The van der Waals surface area contributed by atoms with Gasteiger partial charge in [-0.05, 0) is 56.9 Å². The standard InChI is InChI=1S/C24H25FN8O2/c1-24(22(35)26-16-8-7-15(25)12-19(16)34)9-3-10-32(24)23-28-21(18-4-2-11-33(18)31-23)27-20-13-17(29-30-20)14-5-6-14/h2,4,7-8,11-14,34H,3,5-6,9-10H2,1H3,(H,26,35)(H2,27,28,29,30,31)/t24-/m0/s1. The van der Waals surface area contributed by atoms with Crippen molar-refractivity contribution in [1.82, 2.24) is 24.8 Å². The molecule has 1 aromatic carbocycles. The highest BCUT2D eigenvalue weighted by atomic mass is 19.1. The maximum absolute atomic E-state index is 13.4. The molecule has 1 atom stereocenters. The summed E-state index contributed by atoms with van der Waals surface area (Å²) in [5.41, 5.74) is 1.08. The Labute approximate surface area is 200 Å². The molecule has 180 valence electrons. The van der Waals surface area contributed by atoms with Crippen LogP contribution in [-0.4, -0.2) is 47.9 Å². The fourth-order valence-electron chi connectivity index (χ4n) is 4.64. The van der Waals surface area contributed by atoms with Gasteiger partial charge in [0.1, 0.15) is 22.6 Å². The van der Waals surface area contributed by atoms with Crippen LogP contribution in [0.1, 0.15) is 44.2 Å². The average molecular weight is 477 g/mol. The van der Waals surface area contributed by atoms with Crippen LogP contribution >= 0.6 is 0 Å². The number of carbonyl (C=O) groups is 1. The first kappa shape index (κ1) is 21.4. The average Bonchev–Trinajstić information content (AvgIpc) is 3.19. The van der Waals surface area contributed by atoms with E-state index in [0.29, 0.717) is 36.5 Å². The molecule has 4 aromatic rings. The number of fused-ring (bicyclic) bond motifs is 1. The first-order valence-corrected chi connectivity index (χ1v) is 11.7. The third-order valence-corrected chi connectivity index (χ3v) is 6.82. The molecule has 1 amide bonds. The highest BCUT2D eigenvalue weighted by molar-refractivity contribution is 6.01. The first-order chi connectivity index (χ1) is 16.9. The quantitative estimate of drug-likeness (QED) is 0.311. The molecule has 4 heterocycles. The molecule has 35 heavy (non-hydrogen) atoms. The number of phenolic OH excluding ortho intramolecular Hbond substituents is 1. The fraction of sp³-hybridized carbons (Fsp3) is 0.333. The van der Waals surface area contributed by atoms with E-state index in [2.05, 4.69) is 25.9 Å². The second-order valence-electron chi connectivity index (χ2n) is 9.35. The van der Waals surface area contributed by atoms with Gasteiger partial charge in [0, 0.05) is 36.5 Å². The van der Waals surface area contributed by atoms with E-state index in [9.17, 15) is 14.3 Å². The molecule has 2 fully saturated rings. The van der Waals surface area contributed by atoms with E-state index < -0.39 is 11.4 Å². The van der Waals surface area contributed by atoms with Crippen LogP contribution < -0.4 is 15.5 Å². The van der Waals surface area contributed by atoms with E-state index in [0.717, 1.165) is 23.7 Å². The summed E-state index contributed by atoms with van der Waals surface area (Å²) in [4.78, 5) is 20.0. The van der Waals surface area contributed by atoms with Crippen LogP contribution in [0.15, 0.2) is 42.6 Å². The van der Waals surface area contributed by atoms with Gasteiger partial charge in [-0.15, -0.1) is 5.10 Å². The Balaban J connectivity index is 1.31. The van der Waals surface area contributed by atoms with E-state index in [1.54, 1.807) is 4.52 Å². The summed E-state index contributed by atoms with van der Waals surface area (Å²) in [6, 6.07) is 9.29. The molecule has 11 heteroatoms. The number of rotatable bonds is 6. The summed E-state index contributed by atoms with van der Waals surface area (Å²) in [5.74, 6) is 0.970. The molecule has 2 aliphatic rings. The number of nitrogens with one attached hydrogen (secondary N) is 3. The zero-order valence-corrected chi connectivity index (χ0v) is 19.1. The normalized spacial score (nSPS) is 19.9. The molecule has 0 unspecified atom stereocenters. The number of anilines is 4. The topological polar surface area (TPSA) is 123 Å². The van der Waals surface area contributed by atoms with E-state index in [4.69, 9.17) is 4.98 Å². The second-order valence-corrected chi connectivity index (χ2v) is 9.35. The third kappa shape index (κ3) is 3.82. The van der Waals surface area contributed by atoms with Gasteiger partial charge in [-0.3, -0.25) is 9.89 Å². The molecule has 0 radical (unpaired) electrons. The minimum atomic E-state index is -0.968. The highest BCUT2D eigenvalue weighted by Gasteiger charge is 2.45. The van der Waals surface area contributed by atoms with Gasteiger partial charge < -0.3 is 20.6 Å². The number of hydrogen-bond acceptors (Lipinski definition) is 7. The number of halogens is 1. The number of phenols is 1. The minimum absolute atomic E-state index is 0.151. The number of benzene rings is 1. The van der Waals surface area contributed by atoms with E-state index in [-0.39, 0.29) is 17.3 Å². The minimum Gasteiger partial charge on any atom is -0.506 e. The second kappa shape index (κ2) is 7.97. The van der Waals surface area contributed by atoms with E-state index in [1.807, 2.05) is 36.2 Å². The number of aromatic hydroxyl groups is 1. The Hall–Kier alpha value is -4.15. The van der Waals surface area contributed by atoms with Crippen LogP contribution in [0.25, 0.3) is 5.52 Å². The maximum atomic E-state index is 13.4. The number of amides is 1. The molecule has 0 bridgehead atoms. The van der Waals surface area contributed by atoms with E-state index >= 15 is 0 Å². The summed E-state index contributed by atoms with van der Waals surface area (Å²) in [5, 5.41) is 28.2. The van der Waals surface area contributed by atoms with Gasteiger partial charge in [0.2, 0.25) is 11.9 Å². The van der Waals surface area contributed by atoms with Crippen LogP contribution in [0.3, 0.4) is 0 Å². The fourth-order valence-corrected chi connectivity index (χ4v) is 4.64. The summed E-state index contributed by atoms with van der Waals surface area (Å²) < 4.78 is 15.1. The van der Waals surface area contributed by atoms with Crippen LogP contribution in [0.5, 0.6) is 5.75 Å². The van der Waals surface area contributed by atoms with Crippen molar-refractivity contribution in [2.24, 2.45) is 0 Å². The Morgan fingerprint density at radius 3 is 2.94 bits per heavy atom. The molecular weight excluding hydrogens is 451 g/mol. The van der Waals surface area contributed by atoms with Crippen molar-refractivity contribution in [2.75, 3.05) is 22.1 Å². The number of aromatic amines is 1. The number of aromatic nitrogens is 5. The SMILES string of the molecule is C[C@@]1(C(=O)Nc2ccc(F)cc2O)CCCN1c1nc(Nc2cc(C3CC3)[nH]n2)c2cccn2n1. The number of carbonyl (C=O) groups excluding carboxylic acids is 1. The van der Waals surface area contributed by atoms with Crippen molar-refractivity contribution in [3.8, 4) is 5.75 Å². The van der Waals surface area contributed by atoms with Crippen LogP contribution in [0, 0.1) is 5.82 Å². The van der Waals surface area contributed by atoms with Crippen molar-refractivity contribution in [3.63, 3.8) is 0 Å². The lowest BCUT2D eigenvalue weighted by Crippen LogP contribution is -2.51. The molecule has 6 rings (SSSR count). The van der Waals surface area contributed by atoms with Gasteiger partial charge in [0.15, 0.2) is 11.6 Å². The molecule has 0 spiro atoms. The Morgan fingerprint density at radius 1 is 1.29 bits per heavy atom. The molecule has 4 N–H and O–H groups in total. The Morgan fingerprint density at radius 2 is 2.14 bits per heavy atom. The van der Waals surface area contributed by atoms with Gasteiger partial charge >= 0.3 is 0 Å². The van der Waals surface area contributed by atoms with Crippen molar-refractivity contribution < 1.29 is 14.3 Å². The van der Waals surface area contributed by atoms with Crippen molar-refractivity contribution in [2.45, 2.75) is 44.1 Å². The Bertz CT molecular complexity index is 1430. The molecule has 1 saturated carbocycles. The molecule has 1 aliphatic carbocycles. The summed E-state index contributed by atoms with van der Waals surface area (Å²) in [6.07, 6.45) is 5.51. The first-order valence-electron chi connectivity index (χ1n) is 11.7. The van der Waals surface area contributed by atoms with Gasteiger partial charge in [-0.25, -0.2) is 8.91 Å². The van der Waals surface area contributed by atoms with Crippen LogP contribution in [-0.2, 0) is 4.79 Å². The molecular formula is C24H25FN8O2. The maximum Gasteiger partial charge on any atom is 0.250 e. The summed E-state index contributed by atoms with van der Waals surface area (Å²) in [6.45, 7) is 2.40. The third-order valence-electron chi connectivity index (χ3n) is 6.82. The molecule has 1 aliphatic heterocycles. The van der Waals surface area contributed by atoms with Gasteiger partial charge in [0.05, 0.1) is 5.69 Å². The van der Waals surface area contributed by atoms with Gasteiger partial charge in [-0.2, -0.15) is 10.1 Å². The monoisotopic (exact) mass is 476 g/mol. The smallest absolute Gasteiger partial charge is 0.250 e. The lowest BCUT2D eigenvalue weighted by Gasteiger charge is -2.34. The van der Waals surface area contributed by atoms with E-state index in [1.165, 1.54) is 25.0 Å². The zero-order chi connectivity index (χ0) is 24.2. The highest BCUT2D eigenvalue weighted by Crippen LogP contribution is 2.40. The predicted octanol–water partition coefficient (Wildman–Crippen LogP) is 3.92. The molecule has 10 nitrogen and oxygen atoms in total. The molecule has 3 aromatic heterocycles. The van der Waals surface area contributed by atoms with Crippen LogP contribution in [0.4, 0.5) is 27.7 Å². The van der Waals surface area contributed by atoms with Crippen molar-refractivity contribution in [1.29, 1.82) is 0 Å². The summed E-state index contributed by atoms with van der Waals surface area (Å²) in [7, 11) is 0. The lowest BCUT2D eigenvalue weighted by atomic mass is 9.97. The van der Waals surface area contributed by atoms with Gasteiger partial charge in [0.25, 0.3) is 0 Å². The number of hydrogen-bond donors (Lipinski definition) is 4.